The summed E-state index contributed by atoms with van der Waals surface area (Å²) in [6.45, 7) is 5.59. The summed E-state index contributed by atoms with van der Waals surface area (Å²) in [5.41, 5.74) is 0. The second-order valence-electron chi connectivity index (χ2n) is 20.9. The van der Waals surface area contributed by atoms with Crippen LogP contribution in [0.25, 0.3) is 0 Å². The van der Waals surface area contributed by atoms with Gasteiger partial charge in [0, 0.05) is 19.3 Å². The number of unbranched alkanes of at least 4 members (excludes halogenated alkanes) is 14. The molecule has 0 amide bonds. The van der Waals surface area contributed by atoms with Gasteiger partial charge in [-0.05, 0) is 128 Å². The third kappa shape index (κ3) is 46.6. The summed E-state index contributed by atoms with van der Waals surface area (Å²) in [7, 11) is 0. The van der Waals surface area contributed by atoms with Gasteiger partial charge in [-0.25, -0.2) is 4.79 Å². The van der Waals surface area contributed by atoms with Crippen LogP contribution in [0, 0.1) is 0 Å². The van der Waals surface area contributed by atoms with Crippen LogP contribution < -0.4 is 0 Å². The fraction of sp³-hybridized carbons (Fsp3) is 0.606. The number of carbonyl (C=O) groups is 4. The minimum absolute atomic E-state index is 0.0328. The van der Waals surface area contributed by atoms with Crippen molar-refractivity contribution in [2.24, 2.45) is 0 Å². The standard InChI is InChI=1S/C71H110O12/c1-4-7-10-13-16-19-22-25-28-31-32-35-36-39-42-45-48-51-54-57-63(72)79-60-62(81-64(73)58-55-52-49-46-43-40-37-33-29-26-23-20-17-14-11-8-5-2)61-80-71-69(67(76)66(75)68(83-71)70(77)78)82-65(74)59-56-53-50-47-44-41-38-34-30-27-24-21-18-15-12-9-6-3/h7-12,16-21,25-30,32,35,37,40,46,49,62,66-69,71,75-76H,4-6,13-15,22-24,31,33-34,36,38-39,41-45,47-48,50-61H2,1-3H3,(H,77,78)/b10-7-,11-8-,12-9-,19-16-,20-17-,21-18-,28-25-,29-26-,30-27-,35-32-,40-37-,49-46-. The quantitative estimate of drug-likeness (QED) is 0.0228. The normalized spacial score (nSPS) is 18.6. The van der Waals surface area contributed by atoms with E-state index < -0.39 is 67.3 Å². The Balaban J connectivity index is 2.73. The predicted molar refractivity (Wildman–Crippen MR) is 339 cm³/mol. The lowest BCUT2D eigenvalue weighted by Gasteiger charge is -2.40. The highest BCUT2D eigenvalue weighted by molar-refractivity contribution is 5.74. The van der Waals surface area contributed by atoms with E-state index in [4.69, 9.17) is 23.7 Å². The van der Waals surface area contributed by atoms with Crippen LogP contribution in [-0.2, 0) is 42.9 Å². The predicted octanol–water partition coefficient (Wildman–Crippen LogP) is 17.1. The number of hydrogen-bond donors (Lipinski definition) is 3. The molecule has 3 N–H and O–H groups in total. The molecular formula is C71H110O12. The molecule has 1 heterocycles. The summed E-state index contributed by atoms with van der Waals surface area (Å²) in [5, 5.41) is 31.6. The summed E-state index contributed by atoms with van der Waals surface area (Å²) in [5.74, 6) is -3.25. The molecule has 0 spiro atoms. The van der Waals surface area contributed by atoms with E-state index >= 15 is 0 Å². The number of rotatable bonds is 52. The number of aliphatic hydroxyl groups excluding tert-OH is 2. The summed E-state index contributed by atoms with van der Waals surface area (Å²) < 4.78 is 28.4. The minimum Gasteiger partial charge on any atom is -0.479 e. The number of allylic oxidation sites excluding steroid dienone is 24. The molecule has 12 heteroatoms. The maximum absolute atomic E-state index is 13.2. The van der Waals surface area contributed by atoms with Gasteiger partial charge in [-0.15, -0.1) is 0 Å². The highest BCUT2D eigenvalue weighted by Gasteiger charge is 2.50. The van der Waals surface area contributed by atoms with E-state index in [0.717, 1.165) is 161 Å². The Morgan fingerprint density at radius 3 is 1.13 bits per heavy atom. The van der Waals surface area contributed by atoms with Crippen molar-refractivity contribution in [2.45, 2.75) is 263 Å². The van der Waals surface area contributed by atoms with Gasteiger partial charge in [-0.1, -0.05) is 224 Å². The first-order valence-electron chi connectivity index (χ1n) is 31.8. The summed E-state index contributed by atoms with van der Waals surface area (Å²) >= 11 is 0. The Morgan fingerprint density at radius 1 is 0.398 bits per heavy atom. The summed E-state index contributed by atoms with van der Waals surface area (Å²) in [4.78, 5) is 51.3. The maximum atomic E-state index is 13.2. The molecule has 466 valence electrons. The Bertz CT molecular complexity index is 2000. The van der Waals surface area contributed by atoms with Crippen molar-refractivity contribution in [1.29, 1.82) is 0 Å². The lowest BCUT2D eigenvalue weighted by Crippen LogP contribution is -2.61. The second kappa shape index (κ2) is 57.1. The fourth-order valence-electron chi connectivity index (χ4n) is 8.64. The molecule has 1 aliphatic heterocycles. The van der Waals surface area contributed by atoms with Gasteiger partial charge in [-0.2, -0.15) is 0 Å². The van der Waals surface area contributed by atoms with Crippen molar-refractivity contribution in [3.05, 3.63) is 146 Å². The van der Waals surface area contributed by atoms with E-state index in [0.29, 0.717) is 25.7 Å². The van der Waals surface area contributed by atoms with E-state index in [1.165, 1.54) is 0 Å². The molecular weight excluding hydrogens is 1040 g/mol. The number of carbonyl (C=O) groups excluding carboxylic acids is 3. The first kappa shape index (κ1) is 75.6. The molecule has 12 nitrogen and oxygen atoms in total. The SMILES string of the molecule is CC/C=C\C/C=C\C/C=C\C/C=C\C/C=C\CCCC(=O)OC(COC(=O)CCCCCCCC/C=C\C/C=C\C/C=C\C/C=C\CC)COC1OC(C(=O)O)C(O)C(O)C1OC(=O)CCCCCCCCC/C=C\C/C=C\C/C=C\CC. The molecule has 0 radical (unpaired) electrons. The van der Waals surface area contributed by atoms with Crippen molar-refractivity contribution in [1.82, 2.24) is 0 Å². The molecule has 1 aliphatic rings. The van der Waals surface area contributed by atoms with Crippen LogP contribution >= 0.6 is 0 Å². The first-order valence-corrected chi connectivity index (χ1v) is 31.8. The Kier molecular flexibility index (Phi) is 52.0. The molecule has 0 aliphatic carbocycles. The van der Waals surface area contributed by atoms with Crippen molar-refractivity contribution in [3.63, 3.8) is 0 Å². The van der Waals surface area contributed by atoms with Crippen molar-refractivity contribution in [3.8, 4) is 0 Å². The van der Waals surface area contributed by atoms with Crippen LogP contribution in [0.3, 0.4) is 0 Å². The van der Waals surface area contributed by atoms with Crippen LogP contribution in [0.1, 0.15) is 226 Å². The molecule has 83 heavy (non-hydrogen) atoms. The van der Waals surface area contributed by atoms with Crippen molar-refractivity contribution in [2.75, 3.05) is 13.2 Å². The highest BCUT2D eigenvalue weighted by Crippen LogP contribution is 2.26. The van der Waals surface area contributed by atoms with Gasteiger partial charge in [0.2, 0.25) is 0 Å². The van der Waals surface area contributed by atoms with Gasteiger partial charge in [0.05, 0.1) is 6.61 Å². The molecule has 0 aromatic heterocycles. The van der Waals surface area contributed by atoms with Crippen molar-refractivity contribution >= 4 is 23.9 Å². The number of ether oxygens (including phenoxy) is 5. The molecule has 0 bridgehead atoms. The number of esters is 3. The van der Waals surface area contributed by atoms with Gasteiger partial charge in [0.15, 0.2) is 24.6 Å². The Hall–Kier alpha value is -5.40. The molecule has 6 atom stereocenters. The highest BCUT2D eigenvalue weighted by atomic mass is 16.7. The smallest absolute Gasteiger partial charge is 0.335 e. The largest absolute Gasteiger partial charge is 0.479 e. The molecule has 0 saturated carbocycles. The first-order chi connectivity index (χ1) is 40.6. The number of aliphatic carboxylic acids is 1. The van der Waals surface area contributed by atoms with Crippen LogP contribution in [-0.4, -0.2) is 89.2 Å². The Labute approximate surface area is 502 Å². The summed E-state index contributed by atoms with van der Waals surface area (Å²) in [6, 6.07) is 0. The Morgan fingerprint density at radius 2 is 0.735 bits per heavy atom. The van der Waals surface area contributed by atoms with Crippen LogP contribution in [0.2, 0.25) is 0 Å². The van der Waals surface area contributed by atoms with Gasteiger partial charge >= 0.3 is 23.9 Å². The molecule has 0 aromatic carbocycles. The average Bonchev–Trinajstić information content (AvgIpc) is 3.59. The second-order valence-corrected chi connectivity index (χ2v) is 20.9. The molecule has 1 rings (SSSR count). The van der Waals surface area contributed by atoms with Crippen LogP contribution in [0.15, 0.2) is 146 Å². The lowest BCUT2D eigenvalue weighted by atomic mass is 9.98. The fourth-order valence-corrected chi connectivity index (χ4v) is 8.64. The molecule has 1 saturated heterocycles. The zero-order valence-electron chi connectivity index (χ0n) is 51.4. The maximum Gasteiger partial charge on any atom is 0.335 e. The monoisotopic (exact) mass is 1150 g/mol. The molecule has 1 fully saturated rings. The van der Waals surface area contributed by atoms with E-state index in [2.05, 4.69) is 154 Å². The zero-order chi connectivity index (χ0) is 60.3. The number of hydrogen-bond acceptors (Lipinski definition) is 11. The zero-order valence-corrected chi connectivity index (χ0v) is 51.4. The van der Waals surface area contributed by atoms with Gasteiger partial charge in [-0.3, -0.25) is 14.4 Å². The topological polar surface area (TPSA) is 175 Å². The van der Waals surface area contributed by atoms with Crippen LogP contribution in [0.4, 0.5) is 0 Å². The molecule has 0 aromatic rings. The lowest BCUT2D eigenvalue weighted by molar-refractivity contribution is -0.301. The van der Waals surface area contributed by atoms with Gasteiger partial charge in [0.1, 0.15) is 18.8 Å². The van der Waals surface area contributed by atoms with E-state index in [-0.39, 0.29) is 25.9 Å². The minimum atomic E-state index is -1.93. The van der Waals surface area contributed by atoms with Gasteiger partial charge in [0.25, 0.3) is 0 Å². The summed E-state index contributed by atoms with van der Waals surface area (Å²) in [6.07, 6.45) is 69.5. The number of aliphatic hydroxyl groups is 2. The number of carboxylic acid groups (broad SMARTS) is 1. The van der Waals surface area contributed by atoms with Crippen molar-refractivity contribution < 1.29 is 58.2 Å². The average molecular weight is 1160 g/mol. The van der Waals surface area contributed by atoms with Crippen LogP contribution in [0.5, 0.6) is 0 Å². The third-order valence-electron chi connectivity index (χ3n) is 13.4. The molecule has 6 unspecified atom stereocenters. The van der Waals surface area contributed by atoms with E-state index in [1.807, 2.05) is 12.2 Å². The van der Waals surface area contributed by atoms with E-state index in [9.17, 15) is 34.5 Å². The van der Waals surface area contributed by atoms with E-state index in [1.54, 1.807) is 0 Å². The third-order valence-corrected chi connectivity index (χ3v) is 13.4. The van der Waals surface area contributed by atoms with Gasteiger partial charge < -0.3 is 39.0 Å². The number of carboxylic acids is 1.